The second kappa shape index (κ2) is 5.96. The smallest absolute Gasteiger partial charge is 0.314 e. The number of rotatable bonds is 4. The maximum absolute atomic E-state index is 10.4. The van der Waals surface area contributed by atoms with Crippen LogP contribution in [0.15, 0.2) is 29.3 Å². The van der Waals surface area contributed by atoms with E-state index in [2.05, 4.69) is 10.3 Å². The van der Waals surface area contributed by atoms with E-state index in [0.717, 1.165) is 11.1 Å². The molecule has 0 aliphatic rings. The van der Waals surface area contributed by atoms with Crippen LogP contribution in [0.25, 0.3) is 0 Å². The third kappa shape index (κ3) is 4.40. The first-order valence-electron chi connectivity index (χ1n) is 4.27. The highest BCUT2D eigenvalue weighted by Gasteiger charge is 1.96. The molecule has 4 nitrogen and oxygen atoms in total. The number of nitrogens with zero attached hydrogens (tertiary/aromatic N) is 1. The van der Waals surface area contributed by atoms with Crippen molar-refractivity contribution in [3.8, 4) is 0 Å². The average Bonchev–Trinajstić information content (AvgIpc) is 2.25. The summed E-state index contributed by atoms with van der Waals surface area (Å²) in [6.07, 6.45) is 1.47. The summed E-state index contributed by atoms with van der Waals surface area (Å²) < 4.78 is 0. The van der Waals surface area contributed by atoms with E-state index in [1.54, 1.807) is 0 Å². The highest BCUT2D eigenvalue weighted by atomic mass is 35.5. The predicted octanol–water partition coefficient (Wildman–Crippen LogP) is 1.97. The zero-order chi connectivity index (χ0) is 11.1. The molecule has 5 heteroatoms. The van der Waals surface area contributed by atoms with Crippen LogP contribution in [0.5, 0.6) is 0 Å². The van der Waals surface area contributed by atoms with Crippen molar-refractivity contribution < 1.29 is 9.59 Å². The molecule has 78 valence electrons. The standard InChI is InChI=1S/C10H9ClN2O2/c11-10(15)13-6-9-3-1-8(2-4-9)5-12-7-14/h1-4H,5-6H2,(H,13,15). The summed E-state index contributed by atoms with van der Waals surface area (Å²) >= 11 is 5.12. The highest BCUT2D eigenvalue weighted by Crippen LogP contribution is 2.05. The summed E-state index contributed by atoms with van der Waals surface area (Å²) in [7, 11) is 0. The summed E-state index contributed by atoms with van der Waals surface area (Å²) in [4.78, 5) is 23.7. The topological polar surface area (TPSA) is 58.5 Å². The van der Waals surface area contributed by atoms with Crippen LogP contribution in [-0.2, 0) is 17.9 Å². The minimum Gasteiger partial charge on any atom is -0.339 e. The molecule has 0 aliphatic heterocycles. The van der Waals surface area contributed by atoms with Gasteiger partial charge in [0.2, 0.25) is 6.08 Å². The summed E-state index contributed by atoms with van der Waals surface area (Å²) in [5, 5.41) is 1.89. The van der Waals surface area contributed by atoms with Gasteiger partial charge in [-0.1, -0.05) is 24.3 Å². The second-order valence-corrected chi connectivity index (χ2v) is 3.19. The van der Waals surface area contributed by atoms with E-state index in [9.17, 15) is 9.59 Å². The number of carbonyl (C=O) groups is 1. The summed E-state index contributed by atoms with van der Waals surface area (Å²) in [6.45, 7) is 0.713. The predicted molar refractivity (Wildman–Crippen MR) is 56.4 cm³/mol. The van der Waals surface area contributed by atoms with Crippen molar-refractivity contribution in [1.29, 1.82) is 0 Å². The molecule has 0 unspecified atom stereocenters. The minimum absolute atomic E-state index is 0.325. The zero-order valence-electron chi connectivity index (χ0n) is 7.87. The van der Waals surface area contributed by atoms with E-state index in [1.165, 1.54) is 6.08 Å². The number of hydrogen-bond donors (Lipinski definition) is 1. The van der Waals surface area contributed by atoms with Crippen LogP contribution in [0.4, 0.5) is 4.79 Å². The van der Waals surface area contributed by atoms with Gasteiger partial charge < -0.3 is 5.32 Å². The van der Waals surface area contributed by atoms with Crippen LogP contribution in [-0.4, -0.2) is 11.4 Å². The van der Waals surface area contributed by atoms with E-state index in [-0.39, 0.29) is 0 Å². The Balaban J connectivity index is 2.55. The molecule has 1 aromatic rings. The third-order valence-electron chi connectivity index (χ3n) is 1.78. The second-order valence-electron chi connectivity index (χ2n) is 2.85. The number of carbonyl (C=O) groups excluding carboxylic acids is 2. The van der Waals surface area contributed by atoms with Gasteiger partial charge in [-0.2, -0.15) is 0 Å². The molecule has 0 fully saturated rings. The molecule has 1 amide bonds. The van der Waals surface area contributed by atoms with Crippen molar-refractivity contribution in [2.24, 2.45) is 4.99 Å². The highest BCUT2D eigenvalue weighted by molar-refractivity contribution is 6.62. The molecule has 1 rings (SSSR count). The lowest BCUT2D eigenvalue weighted by Crippen LogP contribution is -2.15. The van der Waals surface area contributed by atoms with Crippen molar-refractivity contribution in [2.45, 2.75) is 13.1 Å². The third-order valence-corrected chi connectivity index (χ3v) is 1.91. The van der Waals surface area contributed by atoms with Crippen molar-refractivity contribution in [3.63, 3.8) is 0 Å². The Hall–Kier alpha value is -1.64. The Bertz CT molecular complexity index is 383. The molecule has 0 bridgehead atoms. The van der Waals surface area contributed by atoms with Crippen molar-refractivity contribution in [1.82, 2.24) is 5.32 Å². The van der Waals surface area contributed by atoms with Gasteiger partial charge in [-0.05, 0) is 22.7 Å². The van der Waals surface area contributed by atoms with Gasteiger partial charge in [0.25, 0.3) is 0 Å². The molecule has 0 saturated heterocycles. The quantitative estimate of drug-likeness (QED) is 0.368. The Morgan fingerprint density at radius 1 is 1.33 bits per heavy atom. The molecule has 1 N–H and O–H groups in total. The van der Waals surface area contributed by atoms with Crippen LogP contribution in [0, 0.1) is 0 Å². The molecule has 0 atom stereocenters. The number of halogens is 1. The average molecular weight is 225 g/mol. The van der Waals surface area contributed by atoms with Crippen molar-refractivity contribution in [3.05, 3.63) is 35.4 Å². The molecule has 0 radical (unpaired) electrons. The van der Waals surface area contributed by atoms with Gasteiger partial charge in [-0.15, -0.1) is 0 Å². The lowest BCUT2D eigenvalue weighted by Gasteiger charge is -2.01. The van der Waals surface area contributed by atoms with Gasteiger partial charge in [-0.3, -0.25) is 4.79 Å². The number of amides is 1. The largest absolute Gasteiger partial charge is 0.339 e. The number of aliphatic imine (C=N–C) groups is 1. The monoisotopic (exact) mass is 224 g/mol. The molecule has 0 heterocycles. The number of isocyanates is 1. The van der Waals surface area contributed by atoms with E-state index in [4.69, 9.17) is 11.6 Å². The molecule has 0 saturated carbocycles. The van der Waals surface area contributed by atoms with E-state index >= 15 is 0 Å². The molecule has 0 spiro atoms. The fourth-order valence-electron chi connectivity index (χ4n) is 1.06. The Kier molecular flexibility index (Phi) is 4.54. The Labute approximate surface area is 92.0 Å². The first kappa shape index (κ1) is 11.4. The van der Waals surface area contributed by atoms with E-state index in [1.807, 2.05) is 24.3 Å². The Morgan fingerprint density at radius 2 is 1.93 bits per heavy atom. The first-order chi connectivity index (χ1) is 7.22. The van der Waals surface area contributed by atoms with Crippen LogP contribution in [0.1, 0.15) is 11.1 Å². The van der Waals surface area contributed by atoms with Gasteiger partial charge in [0.1, 0.15) is 0 Å². The zero-order valence-corrected chi connectivity index (χ0v) is 8.62. The fraction of sp³-hybridized carbons (Fsp3) is 0.200. The van der Waals surface area contributed by atoms with Gasteiger partial charge in [0, 0.05) is 6.54 Å². The molecule has 0 aliphatic carbocycles. The Morgan fingerprint density at radius 3 is 2.47 bits per heavy atom. The van der Waals surface area contributed by atoms with Gasteiger partial charge in [0.15, 0.2) is 0 Å². The fourth-order valence-corrected chi connectivity index (χ4v) is 1.12. The van der Waals surface area contributed by atoms with E-state index in [0.29, 0.717) is 13.1 Å². The molecule has 0 aromatic heterocycles. The molecule has 1 aromatic carbocycles. The lowest BCUT2D eigenvalue weighted by atomic mass is 10.1. The number of benzene rings is 1. The van der Waals surface area contributed by atoms with E-state index < -0.39 is 5.37 Å². The van der Waals surface area contributed by atoms with Crippen molar-refractivity contribution >= 4 is 23.0 Å². The summed E-state index contributed by atoms with van der Waals surface area (Å²) in [5.74, 6) is 0. The van der Waals surface area contributed by atoms with Gasteiger partial charge in [-0.25, -0.2) is 9.79 Å². The summed E-state index contributed by atoms with van der Waals surface area (Å²) in [5.41, 5.74) is 1.85. The maximum atomic E-state index is 10.4. The van der Waals surface area contributed by atoms with Crippen LogP contribution >= 0.6 is 11.6 Å². The number of hydrogen-bond acceptors (Lipinski definition) is 3. The lowest BCUT2D eigenvalue weighted by molar-refractivity contribution is 0.259. The van der Waals surface area contributed by atoms with Gasteiger partial charge in [0.05, 0.1) is 6.54 Å². The minimum atomic E-state index is -0.579. The molecule has 15 heavy (non-hydrogen) atoms. The van der Waals surface area contributed by atoms with Crippen LogP contribution in [0.2, 0.25) is 0 Å². The SMILES string of the molecule is O=C=NCc1ccc(CNC(=O)Cl)cc1. The van der Waals surface area contributed by atoms with Crippen LogP contribution < -0.4 is 5.32 Å². The normalized spacial score (nSPS) is 9.13. The van der Waals surface area contributed by atoms with Gasteiger partial charge >= 0.3 is 5.37 Å². The molecular formula is C10H9ClN2O2. The number of nitrogens with one attached hydrogen (secondary N) is 1. The van der Waals surface area contributed by atoms with Crippen molar-refractivity contribution in [2.75, 3.05) is 0 Å². The first-order valence-corrected chi connectivity index (χ1v) is 4.65. The van der Waals surface area contributed by atoms with Crippen LogP contribution in [0.3, 0.4) is 0 Å². The summed E-state index contributed by atoms with van der Waals surface area (Å²) in [6, 6.07) is 7.33. The molecular weight excluding hydrogens is 216 g/mol. The maximum Gasteiger partial charge on any atom is 0.314 e.